The summed E-state index contributed by atoms with van der Waals surface area (Å²) in [6.07, 6.45) is 0.868. The third kappa shape index (κ3) is 4.71. The second-order valence-electron chi connectivity index (χ2n) is 6.44. The summed E-state index contributed by atoms with van der Waals surface area (Å²) in [5.41, 5.74) is 0.372. The fraction of sp³-hybridized carbons (Fsp3) is 0.444. The minimum Gasteiger partial charge on any atom is -0.455 e. The number of nitrogens with zero attached hydrogens (tertiary/aromatic N) is 4. The zero-order valence-electron chi connectivity index (χ0n) is 16.4. The summed E-state index contributed by atoms with van der Waals surface area (Å²) >= 11 is 12.0. The first kappa shape index (κ1) is 22.7. The Labute approximate surface area is 185 Å². The van der Waals surface area contributed by atoms with Crippen LogP contribution in [-0.2, 0) is 33.3 Å². The molecule has 1 aliphatic heterocycles. The topological polar surface area (TPSA) is 132 Å². The van der Waals surface area contributed by atoms with Crippen LogP contribution in [0.3, 0.4) is 0 Å². The van der Waals surface area contributed by atoms with Gasteiger partial charge in [-0.1, -0.05) is 17.5 Å². The number of carbonyl (C=O) groups is 3. The Hall–Kier alpha value is -2.94. The van der Waals surface area contributed by atoms with E-state index >= 15 is 0 Å². The van der Waals surface area contributed by atoms with Gasteiger partial charge in [-0.2, -0.15) is 4.98 Å². The number of ether oxygens (including phenoxy) is 4. The van der Waals surface area contributed by atoms with Crippen molar-refractivity contribution in [3.05, 3.63) is 16.8 Å². The van der Waals surface area contributed by atoms with Crippen molar-refractivity contribution >= 4 is 52.3 Å². The molecule has 0 aliphatic carbocycles. The van der Waals surface area contributed by atoms with Gasteiger partial charge in [0.05, 0.1) is 6.33 Å². The van der Waals surface area contributed by atoms with E-state index in [2.05, 4.69) is 20.9 Å². The van der Waals surface area contributed by atoms with Crippen molar-refractivity contribution in [1.29, 1.82) is 0 Å². The molecular weight excluding hydrogens is 455 g/mol. The van der Waals surface area contributed by atoms with Crippen LogP contribution in [0.2, 0.25) is 10.4 Å². The third-order valence-electron chi connectivity index (χ3n) is 4.21. The minimum absolute atomic E-state index is 0.00900. The lowest BCUT2D eigenvalue weighted by Crippen LogP contribution is -2.44. The second-order valence-corrected chi connectivity index (χ2v) is 7.14. The van der Waals surface area contributed by atoms with Crippen LogP contribution in [0.4, 0.5) is 0 Å². The van der Waals surface area contributed by atoms with E-state index in [0.29, 0.717) is 0 Å². The molecule has 3 heterocycles. The van der Waals surface area contributed by atoms with Gasteiger partial charge in [0.2, 0.25) is 5.28 Å². The van der Waals surface area contributed by atoms with Gasteiger partial charge in [0.1, 0.15) is 11.6 Å². The maximum atomic E-state index is 11.8. The normalized spacial score (nSPS) is 23.7. The lowest BCUT2D eigenvalue weighted by molar-refractivity contribution is -0.167. The average Bonchev–Trinajstić information content (AvgIpc) is 3.21. The Balaban J connectivity index is 2.12. The molecule has 164 valence electrons. The standard InChI is InChI=1S/C18H16Cl2N4O7/c1-5-10(28-7(2)25)12-13(29-8(3)26)14(30-9(4)27)17(31-12)24-6-21-11-15(19)22-18(20)23-16(11)24/h1,6,10,12-14,17H,2-4H3/t10-,12-,13-,14+,17-/m1/s1. The van der Waals surface area contributed by atoms with Crippen molar-refractivity contribution in [2.75, 3.05) is 0 Å². The highest BCUT2D eigenvalue weighted by atomic mass is 35.5. The average molecular weight is 471 g/mol. The molecule has 13 heteroatoms. The van der Waals surface area contributed by atoms with Gasteiger partial charge in [0, 0.05) is 20.8 Å². The molecule has 1 fully saturated rings. The SMILES string of the molecule is C#C[C@@H](OC(C)=O)[C@H]1O[C@@H](n2cnc3c(Cl)nc(Cl)nc32)[C@@H](OC(C)=O)[C@@H]1OC(C)=O. The van der Waals surface area contributed by atoms with Crippen molar-refractivity contribution in [1.82, 2.24) is 19.5 Å². The maximum Gasteiger partial charge on any atom is 0.303 e. The Kier molecular flexibility index (Phi) is 6.64. The molecule has 11 nitrogen and oxygen atoms in total. The van der Waals surface area contributed by atoms with Crippen LogP contribution in [0.25, 0.3) is 11.2 Å². The van der Waals surface area contributed by atoms with Gasteiger partial charge in [-0.15, -0.1) is 6.42 Å². The van der Waals surface area contributed by atoms with Crippen molar-refractivity contribution in [3.8, 4) is 12.3 Å². The van der Waals surface area contributed by atoms with Crippen molar-refractivity contribution in [2.24, 2.45) is 0 Å². The van der Waals surface area contributed by atoms with E-state index in [9.17, 15) is 14.4 Å². The van der Waals surface area contributed by atoms with Gasteiger partial charge in [0.15, 0.2) is 35.3 Å². The summed E-state index contributed by atoms with van der Waals surface area (Å²) in [6, 6.07) is 0. The molecule has 0 bridgehead atoms. The molecule has 0 radical (unpaired) electrons. The molecule has 5 atom stereocenters. The van der Waals surface area contributed by atoms with Gasteiger partial charge in [-0.25, -0.2) is 9.97 Å². The Bertz CT molecular complexity index is 1080. The van der Waals surface area contributed by atoms with E-state index < -0.39 is 48.6 Å². The number of imidazole rings is 1. The maximum absolute atomic E-state index is 11.8. The molecule has 0 N–H and O–H groups in total. The fourth-order valence-electron chi connectivity index (χ4n) is 3.19. The van der Waals surface area contributed by atoms with Crippen LogP contribution < -0.4 is 0 Å². The summed E-state index contributed by atoms with van der Waals surface area (Å²) in [7, 11) is 0. The van der Waals surface area contributed by atoms with Gasteiger partial charge in [-0.05, 0) is 11.6 Å². The van der Waals surface area contributed by atoms with Gasteiger partial charge >= 0.3 is 17.9 Å². The molecule has 0 saturated carbocycles. The lowest BCUT2D eigenvalue weighted by atomic mass is 10.0. The number of halogens is 2. The van der Waals surface area contributed by atoms with Crippen molar-refractivity contribution < 1.29 is 33.3 Å². The van der Waals surface area contributed by atoms with Gasteiger partial charge in [-0.3, -0.25) is 19.0 Å². The van der Waals surface area contributed by atoms with Crippen LogP contribution >= 0.6 is 23.2 Å². The molecule has 0 amide bonds. The van der Waals surface area contributed by atoms with Crippen molar-refractivity contribution in [3.63, 3.8) is 0 Å². The molecule has 2 aromatic rings. The van der Waals surface area contributed by atoms with Crippen LogP contribution in [0.15, 0.2) is 6.33 Å². The van der Waals surface area contributed by atoms with Gasteiger partial charge < -0.3 is 18.9 Å². The molecule has 2 aromatic heterocycles. The second kappa shape index (κ2) is 9.05. The van der Waals surface area contributed by atoms with Crippen LogP contribution in [0, 0.1) is 12.3 Å². The molecule has 0 aromatic carbocycles. The van der Waals surface area contributed by atoms with E-state index in [4.69, 9.17) is 48.6 Å². The number of terminal acetylenes is 1. The Morgan fingerprint density at radius 3 is 2.35 bits per heavy atom. The largest absolute Gasteiger partial charge is 0.455 e. The number of hydrogen-bond acceptors (Lipinski definition) is 10. The molecule has 0 unspecified atom stereocenters. The first-order valence-corrected chi connectivity index (χ1v) is 9.56. The number of aromatic nitrogens is 4. The van der Waals surface area contributed by atoms with E-state index in [1.54, 1.807) is 0 Å². The predicted molar refractivity (Wildman–Crippen MR) is 105 cm³/mol. The van der Waals surface area contributed by atoms with E-state index in [0.717, 1.165) is 13.8 Å². The molecular formula is C18H16Cl2N4O7. The zero-order valence-corrected chi connectivity index (χ0v) is 18.0. The number of rotatable bonds is 5. The lowest BCUT2D eigenvalue weighted by Gasteiger charge is -2.25. The first-order valence-electron chi connectivity index (χ1n) is 8.81. The quantitative estimate of drug-likeness (QED) is 0.208. The summed E-state index contributed by atoms with van der Waals surface area (Å²) < 4.78 is 23.2. The van der Waals surface area contributed by atoms with E-state index in [1.807, 2.05) is 0 Å². The highest BCUT2D eigenvalue weighted by Crippen LogP contribution is 2.38. The number of esters is 3. The molecule has 1 saturated heterocycles. The summed E-state index contributed by atoms with van der Waals surface area (Å²) in [5, 5.41) is -0.166. The fourth-order valence-corrected chi connectivity index (χ4v) is 3.61. The third-order valence-corrected chi connectivity index (χ3v) is 4.64. The highest BCUT2D eigenvalue weighted by molar-refractivity contribution is 6.35. The van der Waals surface area contributed by atoms with Gasteiger partial charge in [0.25, 0.3) is 0 Å². The molecule has 0 spiro atoms. The van der Waals surface area contributed by atoms with E-state index in [-0.39, 0.29) is 21.6 Å². The van der Waals surface area contributed by atoms with Crippen molar-refractivity contribution in [2.45, 2.75) is 51.4 Å². The van der Waals surface area contributed by atoms with E-state index in [1.165, 1.54) is 17.8 Å². The highest BCUT2D eigenvalue weighted by Gasteiger charge is 2.54. The Morgan fingerprint density at radius 1 is 1.13 bits per heavy atom. The Morgan fingerprint density at radius 2 is 1.77 bits per heavy atom. The van der Waals surface area contributed by atoms with Crippen LogP contribution in [-0.4, -0.2) is 61.8 Å². The van der Waals surface area contributed by atoms with Crippen LogP contribution in [0.5, 0.6) is 0 Å². The summed E-state index contributed by atoms with van der Waals surface area (Å²) in [6.45, 7) is 3.48. The van der Waals surface area contributed by atoms with Crippen LogP contribution in [0.1, 0.15) is 27.0 Å². The first-order chi connectivity index (χ1) is 14.6. The summed E-state index contributed by atoms with van der Waals surface area (Å²) in [5.74, 6) is 0.221. The smallest absolute Gasteiger partial charge is 0.303 e. The zero-order chi connectivity index (χ0) is 22.9. The number of carbonyl (C=O) groups excluding carboxylic acids is 3. The monoisotopic (exact) mass is 470 g/mol. The number of hydrogen-bond donors (Lipinski definition) is 0. The molecule has 1 aliphatic rings. The predicted octanol–water partition coefficient (Wildman–Crippen LogP) is 1.46. The molecule has 3 rings (SSSR count). The number of fused-ring (bicyclic) bond motifs is 1. The minimum atomic E-state index is -1.25. The summed E-state index contributed by atoms with van der Waals surface area (Å²) in [4.78, 5) is 47.1. The molecule has 31 heavy (non-hydrogen) atoms.